The van der Waals surface area contributed by atoms with Crippen LogP contribution in [-0.4, -0.2) is 11.0 Å². The number of fused-ring (bicyclic) bond motifs is 1. The molecule has 0 spiro atoms. The molecule has 1 aromatic rings. The standard InChI is InChI=1S/C8H4Cl2O3/c9-8(10)12-6-2-1-5(4-11)3-7(6)13-8/h1-4H. The molecule has 0 aliphatic carbocycles. The van der Waals surface area contributed by atoms with Gasteiger partial charge < -0.3 is 9.47 Å². The molecule has 5 heteroatoms. The highest BCUT2D eigenvalue weighted by atomic mass is 35.5. The average molecular weight is 219 g/mol. The van der Waals surface area contributed by atoms with Crippen molar-refractivity contribution in [2.45, 2.75) is 4.71 Å². The van der Waals surface area contributed by atoms with Crippen LogP contribution >= 0.6 is 23.2 Å². The summed E-state index contributed by atoms with van der Waals surface area (Å²) >= 11 is 11.1. The molecule has 0 saturated carbocycles. The van der Waals surface area contributed by atoms with Crippen molar-refractivity contribution in [1.82, 2.24) is 0 Å². The van der Waals surface area contributed by atoms with Crippen molar-refractivity contribution in [3.63, 3.8) is 0 Å². The number of carbonyl (C=O) groups excluding carboxylic acids is 1. The van der Waals surface area contributed by atoms with Crippen LogP contribution in [0.25, 0.3) is 0 Å². The highest BCUT2D eigenvalue weighted by Crippen LogP contribution is 2.43. The van der Waals surface area contributed by atoms with Crippen molar-refractivity contribution in [3.8, 4) is 11.5 Å². The summed E-state index contributed by atoms with van der Waals surface area (Å²) in [4.78, 5) is 10.4. The average Bonchev–Trinajstić information content (AvgIpc) is 2.36. The van der Waals surface area contributed by atoms with Gasteiger partial charge in [-0.05, 0) is 41.4 Å². The molecule has 1 aromatic carbocycles. The Hall–Kier alpha value is -0.930. The number of alkyl halides is 2. The number of ether oxygens (including phenoxy) is 2. The highest BCUT2D eigenvalue weighted by Gasteiger charge is 2.37. The Morgan fingerprint density at radius 3 is 2.62 bits per heavy atom. The molecule has 0 radical (unpaired) electrons. The van der Waals surface area contributed by atoms with Gasteiger partial charge in [-0.15, -0.1) is 0 Å². The molecule has 68 valence electrons. The Kier molecular flexibility index (Phi) is 1.86. The smallest absolute Gasteiger partial charge is 0.419 e. The van der Waals surface area contributed by atoms with Crippen LogP contribution < -0.4 is 9.47 Å². The minimum Gasteiger partial charge on any atom is -0.423 e. The van der Waals surface area contributed by atoms with Crippen molar-refractivity contribution in [3.05, 3.63) is 23.8 Å². The second-order valence-corrected chi connectivity index (χ2v) is 3.68. The van der Waals surface area contributed by atoms with Crippen LogP contribution in [-0.2, 0) is 0 Å². The maximum atomic E-state index is 10.4. The predicted molar refractivity (Wildman–Crippen MR) is 47.5 cm³/mol. The first-order chi connectivity index (χ1) is 6.11. The van der Waals surface area contributed by atoms with E-state index in [4.69, 9.17) is 32.7 Å². The van der Waals surface area contributed by atoms with E-state index in [-0.39, 0.29) is 0 Å². The maximum absolute atomic E-state index is 10.4. The van der Waals surface area contributed by atoms with Crippen LogP contribution in [0.2, 0.25) is 0 Å². The lowest BCUT2D eigenvalue weighted by Gasteiger charge is -2.09. The van der Waals surface area contributed by atoms with Crippen molar-refractivity contribution >= 4 is 29.5 Å². The van der Waals surface area contributed by atoms with Gasteiger partial charge in [-0.2, -0.15) is 0 Å². The van der Waals surface area contributed by atoms with Gasteiger partial charge in [-0.3, -0.25) is 4.79 Å². The van der Waals surface area contributed by atoms with Crippen LogP contribution in [0.1, 0.15) is 10.4 Å². The minimum absolute atomic E-state index is 0.370. The number of rotatable bonds is 1. The Balaban J connectivity index is 2.41. The third-order valence-corrected chi connectivity index (χ3v) is 1.87. The molecule has 0 atom stereocenters. The Morgan fingerprint density at radius 2 is 1.92 bits per heavy atom. The summed E-state index contributed by atoms with van der Waals surface area (Å²) in [7, 11) is 0. The molecular weight excluding hydrogens is 215 g/mol. The first-order valence-corrected chi connectivity index (χ1v) is 4.21. The van der Waals surface area contributed by atoms with Crippen molar-refractivity contribution in [1.29, 1.82) is 0 Å². The van der Waals surface area contributed by atoms with Gasteiger partial charge in [0, 0.05) is 5.56 Å². The van der Waals surface area contributed by atoms with Crippen LogP contribution in [0.3, 0.4) is 0 Å². The Labute approximate surface area is 84.2 Å². The fraction of sp³-hybridized carbons (Fsp3) is 0.125. The van der Waals surface area contributed by atoms with E-state index >= 15 is 0 Å². The summed E-state index contributed by atoms with van der Waals surface area (Å²) in [6.45, 7) is 0. The minimum atomic E-state index is -1.68. The van der Waals surface area contributed by atoms with E-state index < -0.39 is 4.71 Å². The fourth-order valence-electron chi connectivity index (χ4n) is 1.04. The molecular formula is C8H4Cl2O3. The number of carbonyl (C=O) groups is 1. The van der Waals surface area contributed by atoms with Gasteiger partial charge in [0.05, 0.1) is 0 Å². The van der Waals surface area contributed by atoms with Gasteiger partial charge in [0.25, 0.3) is 0 Å². The Morgan fingerprint density at radius 1 is 1.23 bits per heavy atom. The van der Waals surface area contributed by atoms with Gasteiger partial charge in [0.1, 0.15) is 6.29 Å². The molecule has 0 bridgehead atoms. The first kappa shape index (κ1) is 8.66. The lowest BCUT2D eigenvalue weighted by Crippen LogP contribution is -2.22. The summed E-state index contributed by atoms with van der Waals surface area (Å²) < 4.78 is 8.30. The third-order valence-electron chi connectivity index (χ3n) is 1.56. The van der Waals surface area contributed by atoms with Crippen LogP contribution in [0.4, 0.5) is 0 Å². The molecule has 2 rings (SSSR count). The molecule has 0 unspecified atom stereocenters. The molecule has 0 saturated heterocycles. The van der Waals surface area contributed by atoms with Gasteiger partial charge in [-0.1, -0.05) is 0 Å². The van der Waals surface area contributed by atoms with Crippen LogP contribution in [0.15, 0.2) is 18.2 Å². The molecule has 0 N–H and O–H groups in total. The van der Waals surface area contributed by atoms with E-state index in [1.54, 1.807) is 12.1 Å². The van der Waals surface area contributed by atoms with E-state index in [1.165, 1.54) is 6.07 Å². The largest absolute Gasteiger partial charge is 0.423 e. The number of hydrogen-bond acceptors (Lipinski definition) is 3. The molecule has 1 aliphatic heterocycles. The summed E-state index contributed by atoms with van der Waals surface area (Å²) in [6.07, 6.45) is 0.700. The fourth-order valence-corrected chi connectivity index (χ4v) is 1.37. The molecule has 13 heavy (non-hydrogen) atoms. The van der Waals surface area contributed by atoms with Crippen molar-refractivity contribution < 1.29 is 14.3 Å². The van der Waals surface area contributed by atoms with Crippen molar-refractivity contribution in [2.24, 2.45) is 0 Å². The molecule has 1 heterocycles. The summed E-state index contributed by atoms with van der Waals surface area (Å²) in [6, 6.07) is 4.67. The zero-order chi connectivity index (χ0) is 9.47. The molecule has 0 amide bonds. The number of aldehydes is 1. The Bertz CT molecular complexity index is 362. The molecule has 3 nitrogen and oxygen atoms in total. The third kappa shape index (κ3) is 1.57. The second-order valence-electron chi connectivity index (χ2n) is 2.49. The number of halogens is 2. The summed E-state index contributed by atoms with van der Waals surface area (Å²) in [5.74, 6) is 0.796. The van der Waals surface area contributed by atoms with E-state index in [0.717, 1.165) is 0 Å². The van der Waals surface area contributed by atoms with E-state index in [2.05, 4.69) is 0 Å². The van der Waals surface area contributed by atoms with Gasteiger partial charge in [0.2, 0.25) is 0 Å². The SMILES string of the molecule is O=Cc1ccc2c(c1)OC(Cl)(Cl)O2. The van der Waals surface area contributed by atoms with Gasteiger partial charge >= 0.3 is 4.71 Å². The first-order valence-electron chi connectivity index (χ1n) is 3.46. The van der Waals surface area contributed by atoms with Gasteiger partial charge in [-0.25, -0.2) is 0 Å². The zero-order valence-corrected chi connectivity index (χ0v) is 7.80. The number of benzene rings is 1. The van der Waals surface area contributed by atoms with E-state index in [0.29, 0.717) is 23.3 Å². The maximum Gasteiger partial charge on any atom is 0.419 e. The van der Waals surface area contributed by atoms with Crippen LogP contribution in [0, 0.1) is 0 Å². The van der Waals surface area contributed by atoms with Crippen LogP contribution in [0.5, 0.6) is 11.5 Å². The summed E-state index contributed by atoms with van der Waals surface area (Å²) in [5, 5.41) is 0. The lowest BCUT2D eigenvalue weighted by atomic mass is 10.2. The predicted octanol–water partition coefficient (Wildman–Crippen LogP) is 2.36. The highest BCUT2D eigenvalue weighted by molar-refractivity contribution is 6.46. The molecule has 0 aromatic heterocycles. The number of hydrogen-bond donors (Lipinski definition) is 0. The lowest BCUT2D eigenvalue weighted by molar-refractivity contribution is 0.0848. The molecule has 1 aliphatic rings. The summed E-state index contributed by atoms with van der Waals surface area (Å²) in [5.41, 5.74) is 0.480. The van der Waals surface area contributed by atoms with E-state index in [1.807, 2.05) is 0 Å². The van der Waals surface area contributed by atoms with E-state index in [9.17, 15) is 4.79 Å². The quantitative estimate of drug-likeness (QED) is 0.537. The van der Waals surface area contributed by atoms with Gasteiger partial charge in [0.15, 0.2) is 11.5 Å². The second kappa shape index (κ2) is 2.79. The zero-order valence-electron chi connectivity index (χ0n) is 6.29. The monoisotopic (exact) mass is 218 g/mol. The molecule has 0 fully saturated rings. The topological polar surface area (TPSA) is 35.5 Å². The normalized spacial score (nSPS) is 17.1. The van der Waals surface area contributed by atoms with Crippen molar-refractivity contribution in [2.75, 3.05) is 0 Å².